The summed E-state index contributed by atoms with van der Waals surface area (Å²) in [6.07, 6.45) is 0. The van der Waals surface area contributed by atoms with Crippen LogP contribution in [0.25, 0.3) is 21.5 Å². The Hall–Kier alpha value is -2.54. The van der Waals surface area contributed by atoms with Crippen LogP contribution in [0.5, 0.6) is 0 Å². The van der Waals surface area contributed by atoms with Gasteiger partial charge >= 0.3 is 0 Å². The molecule has 98 valence electrons. The van der Waals surface area contributed by atoms with Gasteiger partial charge in [0, 0.05) is 0 Å². The molecule has 0 N–H and O–H groups in total. The molecule has 4 aromatic rings. The molecule has 21 heavy (non-hydrogen) atoms. The van der Waals surface area contributed by atoms with Crippen LogP contribution in [0.15, 0.2) is 84.9 Å². The summed E-state index contributed by atoms with van der Waals surface area (Å²) in [5.41, 5.74) is 2.79. The molecule has 0 nitrogen and oxygen atoms in total. The van der Waals surface area contributed by atoms with Gasteiger partial charge in [0.15, 0.2) is 7.28 Å². The van der Waals surface area contributed by atoms with E-state index < -0.39 is 0 Å². The van der Waals surface area contributed by atoms with Crippen LogP contribution in [0.2, 0.25) is 0 Å². The minimum atomic E-state index is 0.975. The van der Waals surface area contributed by atoms with Crippen molar-refractivity contribution in [3.8, 4) is 0 Å². The Morgan fingerprint density at radius 3 is 1.38 bits per heavy atom. The molecule has 0 aliphatic carbocycles. The van der Waals surface area contributed by atoms with Gasteiger partial charge < -0.3 is 0 Å². The summed E-state index contributed by atoms with van der Waals surface area (Å²) >= 11 is 0. The molecular formula is C20H15B. The molecule has 0 saturated carbocycles. The van der Waals surface area contributed by atoms with Crippen LogP contribution in [-0.2, 0) is 0 Å². The van der Waals surface area contributed by atoms with Gasteiger partial charge in [-0.3, -0.25) is 0 Å². The maximum atomic E-state index is 2.24. The predicted molar refractivity (Wildman–Crippen MR) is 94.3 cm³/mol. The average Bonchev–Trinajstić information content (AvgIpc) is 2.56. The molecule has 0 bridgehead atoms. The fourth-order valence-corrected chi connectivity index (χ4v) is 3.10. The summed E-state index contributed by atoms with van der Waals surface area (Å²) in [7, 11) is 0.975. The fraction of sp³-hybridized carbons (Fsp3) is 0. The second kappa shape index (κ2) is 5.10. The van der Waals surface area contributed by atoms with Gasteiger partial charge in [-0.25, -0.2) is 0 Å². The summed E-state index contributed by atoms with van der Waals surface area (Å²) in [5.74, 6) is 0. The van der Waals surface area contributed by atoms with Gasteiger partial charge in [0.2, 0.25) is 0 Å². The van der Waals surface area contributed by atoms with E-state index in [4.69, 9.17) is 0 Å². The van der Waals surface area contributed by atoms with Gasteiger partial charge in [0.1, 0.15) is 0 Å². The van der Waals surface area contributed by atoms with Crippen LogP contribution < -0.4 is 10.9 Å². The molecule has 0 atom stereocenters. The van der Waals surface area contributed by atoms with Gasteiger partial charge in [0.05, 0.1) is 0 Å². The summed E-state index contributed by atoms with van der Waals surface area (Å²) in [6.45, 7) is 0. The molecule has 0 radical (unpaired) electrons. The van der Waals surface area contributed by atoms with Crippen LogP contribution in [0.1, 0.15) is 0 Å². The third-order valence-electron chi connectivity index (χ3n) is 4.14. The summed E-state index contributed by atoms with van der Waals surface area (Å²) in [6, 6.07) is 30.4. The van der Waals surface area contributed by atoms with Crippen LogP contribution in [0.3, 0.4) is 0 Å². The first-order chi connectivity index (χ1) is 10.4. The maximum absolute atomic E-state index is 2.24. The van der Waals surface area contributed by atoms with Gasteiger partial charge in [-0.1, -0.05) is 95.9 Å². The third-order valence-corrected chi connectivity index (χ3v) is 4.14. The first-order valence-electron chi connectivity index (χ1n) is 7.35. The van der Waals surface area contributed by atoms with Crippen LogP contribution in [-0.4, -0.2) is 7.28 Å². The highest BCUT2D eigenvalue weighted by Gasteiger charge is 2.06. The van der Waals surface area contributed by atoms with Crippen LogP contribution >= 0.6 is 0 Å². The standard InChI is InChI=1S/C20H15B/c1-3-11-17-15(7-1)9-5-13-19(17)21-20-14-6-10-16-8-2-4-12-18(16)20/h1-14,21H. The Labute approximate surface area is 125 Å². The van der Waals surface area contributed by atoms with E-state index in [9.17, 15) is 0 Å². The Balaban J connectivity index is 1.87. The van der Waals surface area contributed by atoms with E-state index in [1.165, 1.54) is 32.5 Å². The van der Waals surface area contributed by atoms with Crippen molar-refractivity contribution in [3.63, 3.8) is 0 Å². The number of benzene rings is 4. The quantitative estimate of drug-likeness (QED) is 0.488. The van der Waals surface area contributed by atoms with Crippen molar-refractivity contribution >= 4 is 39.8 Å². The Kier molecular flexibility index (Phi) is 2.97. The molecule has 4 aromatic carbocycles. The van der Waals surface area contributed by atoms with E-state index >= 15 is 0 Å². The zero-order chi connectivity index (χ0) is 14.1. The van der Waals surface area contributed by atoms with Crippen molar-refractivity contribution in [2.75, 3.05) is 0 Å². The van der Waals surface area contributed by atoms with Crippen LogP contribution in [0.4, 0.5) is 0 Å². The van der Waals surface area contributed by atoms with E-state index in [0.29, 0.717) is 0 Å². The van der Waals surface area contributed by atoms with Crippen molar-refractivity contribution < 1.29 is 0 Å². The molecule has 0 aliphatic heterocycles. The first-order valence-corrected chi connectivity index (χ1v) is 7.35. The van der Waals surface area contributed by atoms with Crippen molar-refractivity contribution in [2.24, 2.45) is 0 Å². The van der Waals surface area contributed by atoms with Crippen LogP contribution in [0, 0.1) is 0 Å². The highest BCUT2D eigenvalue weighted by molar-refractivity contribution is 6.72. The molecule has 0 aromatic heterocycles. The minimum Gasteiger partial charge on any atom is -0.0708 e. The second-order valence-electron chi connectivity index (χ2n) is 5.45. The molecule has 0 amide bonds. The summed E-state index contributed by atoms with van der Waals surface area (Å²) < 4.78 is 0. The topological polar surface area (TPSA) is 0 Å². The zero-order valence-electron chi connectivity index (χ0n) is 11.8. The van der Waals surface area contributed by atoms with E-state index in [2.05, 4.69) is 84.9 Å². The van der Waals surface area contributed by atoms with Crippen molar-refractivity contribution in [1.29, 1.82) is 0 Å². The Morgan fingerprint density at radius 2 is 0.857 bits per heavy atom. The Morgan fingerprint density at radius 1 is 0.429 bits per heavy atom. The molecule has 0 unspecified atom stereocenters. The van der Waals surface area contributed by atoms with E-state index in [1.807, 2.05) is 0 Å². The molecular weight excluding hydrogens is 251 g/mol. The SMILES string of the molecule is B(c1cccc2ccccc12)c1cccc2ccccc12. The first kappa shape index (κ1) is 12.2. The normalized spacial score (nSPS) is 10.9. The van der Waals surface area contributed by atoms with Crippen molar-refractivity contribution in [2.45, 2.75) is 0 Å². The highest BCUT2D eigenvalue weighted by Crippen LogP contribution is 2.12. The molecule has 0 heterocycles. The smallest absolute Gasteiger partial charge is 0.0708 e. The highest BCUT2D eigenvalue weighted by atomic mass is 14.0. The van der Waals surface area contributed by atoms with Gasteiger partial charge in [-0.05, 0) is 21.5 Å². The Bertz CT molecular complexity index is 837. The van der Waals surface area contributed by atoms with Gasteiger partial charge in [-0.2, -0.15) is 0 Å². The minimum absolute atomic E-state index is 0.975. The van der Waals surface area contributed by atoms with E-state index in [-0.39, 0.29) is 0 Å². The second-order valence-corrected chi connectivity index (χ2v) is 5.45. The molecule has 0 spiro atoms. The lowest BCUT2D eigenvalue weighted by Gasteiger charge is -2.08. The monoisotopic (exact) mass is 266 g/mol. The van der Waals surface area contributed by atoms with Gasteiger partial charge in [0.25, 0.3) is 0 Å². The molecule has 0 aliphatic rings. The predicted octanol–water partition coefficient (Wildman–Crippen LogP) is 3.38. The average molecular weight is 266 g/mol. The molecule has 0 fully saturated rings. The fourth-order valence-electron chi connectivity index (χ4n) is 3.10. The molecule has 0 saturated heterocycles. The zero-order valence-corrected chi connectivity index (χ0v) is 11.8. The largest absolute Gasteiger partial charge is 0.193 e. The van der Waals surface area contributed by atoms with Gasteiger partial charge in [-0.15, -0.1) is 0 Å². The maximum Gasteiger partial charge on any atom is 0.193 e. The molecule has 1 heteroatoms. The number of rotatable bonds is 2. The van der Waals surface area contributed by atoms with E-state index in [1.54, 1.807) is 0 Å². The molecule has 4 rings (SSSR count). The number of fused-ring (bicyclic) bond motifs is 2. The van der Waals surface area contributed by atoms with Crippen molar-refractivity contribution in [3.05, 3.63) is 84.9 Å². The summed E-state index contributed by atoms with van der Waals surface area (Å²) in [5, 5.41) is 5.34. The lowest BCUT2D eigenvalue weighted by Crippen LogP contribution is -2.28. The van der Waals surface area contributed by atoms with Crippen molar-refractivity contribution in [1.82, 2.24) is 0 Å². The van der Waals surface area contributed by atoms with E-state index in [0.717, 1.165) is 7.28 Å². The lowest BCUT2D eigenvalue weighted by atomic mass is 9.61. The lowest BCUT2D eigenvalue weighted by molar-refractivity contribution is 1.77. The number of hydrogen-bond acceptors (Lipinski definition) is 0. The number of hydrogen-bond donors (Lipinski definition) is 0. The summed E-state index contributed by atoms with van der Waals surface area (Å²) in [4.78, 5) is 0. The third kappa shape index (κ3) is 2.21.